The smallest absolute Gasteiger partial charge is 0.281 e. The minimum absolute atomic E-state index is 0.132. The minimum atomic E-state index is -0.549. The molecular weight excluding hydrogens is 342 g/mol. The van der Waals surface area contributed by atoms with E-state index < -0.39 is 5.91 Å². The molecule has 2 amide bonds. The topological polar surface area (TPSA) is 93.4 Å². The number of hydroxylamine groups is 1. The Hall–Kier alpha value is -3.17. The van der Waals surface area contributed by atoms with Gasteiger partial charge in [-0.3, -0.25) is 14.8 Å². The monoisotopic (exact) mass is 361 g/mol. The number of rotatable bonds is 2. The highest BCUT2D eigenvalue weighted by atomic mass is 16.5. The minimum Gasteiger partial charge on any atom is -0.356 e. The summed E-state index contributed by atoms with van der Waals surface area (Å²) in [5.41, 5.74) is 2.82. The maximum Gasteiger partial charge on any atom is 0.281 e. The highest BCUT2D eigenvalue weighted by Crippen LogP contribution is 2.41. The maximum absolute atomic E-state index is 12.7. The Balaban J connectivity index is 1.58. The standard InChI is InChI=1S/C21H19N3O3/c22-13-14-2-1-3-18(10-14)24(27)19(25)16-4-5-17-12-21(7-6-15(17)11-16)8-9-23-20(21)26/h1-5,10-11,27H,6-9,12H2,(H,23,26)/t21-/m0/s1. The Labute approximate surface area is 157 Å². The van der Waals surface area contributed by atoms with Crippen LogP contribution in [0.15, 0.2) is 42.5 Å². The zero-order valence-corrected chi connectivity index (χ0v) is 14.7. The number of hydrogen-bond donors (Lipinski definition) is 2. The summed E-state index contributed by atoms with van der Waals surface area (Å²) in [6.45, 7) is 0.728. The third-order valence-electron chi connectivity index (χ3n) is 5.64. The summed E-state index contributed by atoms with van der Waals surface area (Å²) in [6.07, 6.45) is 3.05. The van der Waals surface area contributed by atoms with Gasteiger partial charge in [-0.15, -0.1) is 0 Å². The van der Waals surface area contributed by atoms with Gasteiger partial charge in [-0.2, -0.15) is 10.3 Å². The Kier molecular flexibility index (Phi) is 4.17. The lowest BCUT2D eigenvalue weighted by Gasteiger charge is -2.32. The molecule has 1 aliphatic heterocycles. The predicted molar refractivity (Wildman–Crippen MR) is 98.3 cm³/mol. The van der Waals surface area contributed by atoms with Gasteiger partial charge in [-0.05, 0) is 67.1 Å². The van der Waals surface area contributed by atoms with Crippen molar-refractivity contribution in [2.24, 2.45) is 5.41 Å². The first-order valence-corrected chi connectivity index (χ1v) is 8.96. The first kappa shape index (κ1) is 17.3. The van der Waals surface area contributed by atoms with Crippen LogP contribution >= 0.6 is 0 Å². The number of aryl methyl sites for hydroxylation is 1. The average Bonchev–Trinajstić information content (AvgIpc) is 3.06. The van der Waals surface area contributed by atoms with Crippen LogP contribution in [0, 0.1) is 16.7 Å². The number of nitrogens with zero attached hydrogens (tertiary/aromatic N) is 2. The first-order chi connectivity index (χ1) is 13.0. The molecule has 1 saturated heterocycles. The quantitative estimate of drug-likeness (QED) is 0.635. The van der Waals surface area contributed by atoms with Crippen LogP contribution in [0.1, 0.15) is 39.9 Å². The summed E-state index contributed by atoms with van der Waals surface area (Å²) in [6, 6.07) is 13.6. The molecule has 0 radical (unpaired) electrons. The van der Waals surface area contributed by atoms with Gasteiger partial charge in [0.25, 0.3) is 5.91 Å². The second-order valence-electron chi connectivity index (χ2n) is 7.23. The van der Waals surface area contributed by atoms with E-state index in [0.29, 0.717) is 22.6 Å². The van der Waals surface area contributed by atoms with Gasteiger partial charge in [-0.25, -0.2) is 0 Å². The molecule has 136 valence electrons. The first-order valence-electron chi connectivity index (χ1n) is 8.96. The van der Waals surface area contributed by atoms with Gasteiger partial charge in [0.2, 0.25) is 5.91 Å². The fraction of sp³-hybridized carbons (Fsp3) is 0.286. The maximum atomic E-state index is 12.7. The zero-order valence-electron chi connectivity index (χ0n) is 14.7. The summed E-state index contributed by atoms with van der Waals surface area (Å²) in [5, 5.41) is 22.8. The summed E-state index contributed by atoms with van der Waals surface area (Å²) in [4.78, 5) is 24.9. The molecule has 6 nitrogen and oxygen atoms in total. The Morgan fingerprint density at radius 3 is 2.78 bits per heavy atom. The van der Waals surface area contributed by atoms with Gasteiger partial charge in [0.05, 0.1) is 22.7 Å². The van der Waals surface area contributed by atoms with Crippen LogP contribution in [0.25, 0.3) is 0 Å². The van der Waals surface area contributed by atoms with Crippen molar-refractivity contribution in [3.63, 3.8) is 0 Å². The number of carbonyl (C=O) groups is 2. The van der Waals surface area contributed by atoms with Crippen LogP contribution in [0.3, 0.4) is 0 Å². The van der Waals surface area contributed by atoms with E-state index in [-0.39, 0.29) is 17.0 Å². The predicted octanol–water partition coefficient (Wildman–Crippen LogP) is 2.59. The van der Waals surface area contributed by atoms with Crippen molar-refractivity contribution in [3.8, 4) is 6.07 Å². The summed E-state index contributed by atoms with van der Waals surface area (Å²) < 4.78 is 0. The van der Waals surface area contributed by atoms with Gasteiger partial charge >= 0.3 is 0 Å². The van der Waals surface area contributed by atoms with Crippen LogP contribution in [0.2, 0.25) is 0 Å². The van der Waals surface area contributed by atoms with E-state index in [1.54, 1.807) is 30.3 Å². The lowest BCUT2D eigenvalue weighted by molar-refractivity contribution is -0.128. The molecule has 2 aromatic carbocycles. The summed E-state index contributed by atoms with van der Waals surface area (Å²) in [7, 11) is 0. The molecule has 1 spiro atoms. The van der Waals surface area contributed by atoms with Crippen LogP contribution in [0.4, 0.5) is 5.69 Å². The number of amides is 2. The summed E-state index contributed by atoms with van der Waals surface area (Å²) >= 11 is 0. The van der Waals surface area contributed by atoms with Crippen LogP contribution in [-0.4, -0.2) is 23.6 Å². The molecule has 2 N–H and O–H groups in total. The normalized spacial score (nSPS) is 20.7. The molecule has 1 aliphatic carbocycles. The van der Waals surface area contributed by atoms with Crippen LogP contribution < -0.4 is 10.4 Å². The van der Waals surface area contributed by atoms with Crippen molar-refractivity contribution >= 4 is 17.5 Å². The van der Waals surface area contributed by atoms with Crippen molar-refractivity contribution in [1.29, 1.82) is 5.26 Å². The van der Waals surface area contributed by atoms with Crippen LogP contribution in [0.5, 0.6) is 0 Å². The fourth-order valence-electron chi connectivity index (χ4n) is 4.06. The third kappa shape index (κ3) is 2.96. The van der Waals surface area contributed by atoms with Gasteiger partial charge in [0.15, 0.2) is 0 Å². The highest BCUT2D eigenvalue weighted by Gasteiger charge is 2.44. The lowest BCUT2D eigenvalue weighted by atomic mass is 9.70. The Bertz CT molecular complexity index is 979. The fourth-order valence-corrected chi connectivity index (χ4v) is 4.06. The van der Waals surface area contributed by atoms with E-state index in [1.165, 1.54) is 6.07 Å². The van der Waals surface area contributed by atoms with Crippen molar-refractivity contribution in [3.05, 3.63) is 64.7 Å². The molecule has 1 heterocycles. The molecule has 0 bridgehead atoms. The SMILES string of the molecule is N#Cc1cccc(N(O)C(=O)c2ccc3c(c2)CC[C@]2(CCNC2=O)C3)c1. The van der Waals surface area contributed by atoms with Gasteiger partial charge in [-0.1, -0.05) is 12.1 Å². The molecule has 1 atom stereocenters. The molecule has 6 heteroatoms. The van der Waals surface area contributed by atoms with Crippen molar-refractivity contribution in [2.45, 2.75) is 25.7 Å². The second-order valence-corrected chi connectivity index (χ2v) is 7.23. The van der Waals surface area contributed by atoms with Crippen molar-refractivity contribution in [2.75, 3.05) is 11.6 Å². The number of nitriles is 1. The van der Waals surface area contributed by atoms with E-state index in [0.717, 1.165) is 36.9 Å². The van der Waals surface area contributed by atoms with Crippen LogP contribution in [-0.2, 0) is 17.6 Å². The van der Waals surface area contributed by atoms with Gasteiger partial charge < -0.3 is 5.32 Å². The third-order valence-corrected chi connectivity index (χ3v) is 5.64. The molecule has 0 aromatic heterocycles. The molecule has 0 unspecified atom stereocenters. The molecule has 1 fully saturated rings. The number of hydrogen-bond acceptors (Lipinski definition) is 4. The number of fused-ring (bicyclic) bond motifs is 1. The average molecular weight is 361 g/mol. The lowest BCUT2D eigenvalue weighted by Crippen LogP contribution is -2.36. The van der Waals surface area contributed by atoms with E-state index in [1.807, 2.05) is 12.1 Å². The van der Waals surface area contributed by atoms with Crippen molar-refractivity contribution in [1.82, 2.24) is 5.32 Å². The van der Waals surface area contributed by atoms with Gasteiger partial charge in [0.1, 0.15) is 0 Å². The highest BCUT2D eigenvalue weighted by molar-refractivity contribution is 6.04. The van der Waals surface area contributed by atoms with E-state index in [9.17, 15) is 14.8 Å². The second kappa shape index (κ2) is 6.53. The number of anilines is 1. The molecule has 0 saturated carbocycles. The number of carbonyl (C=O) groups excluding carboxylic acids is 2. The Morgan fingerprint density at radius 2 is 2.04 bits per heavy atom. The number of benzene rings is 2. The summed E-state index contributed by atoms with van der Waals surface area (Å²) in [5.74, 6) is -0.418. The van der Waals surface area contributed by atoms with E-state index in [2.05, 4.69) is 5.32 Å². The van der Waals surface area contributed by atoms with Gasteiger partial charge in [0, 0.05) is 12.1 Å². The largest absolute Gasteiger partial charge is 0.356 e. The number of nitrogens with one attached hydrogen (secondary N) is 1. The zero-order chi connectivity index (χ0) is 19.0. The molecule has 4 rings (SSSR count). The van der Waals surface area contributed by atoms with Crippen molar-refractivity contribution < 1.29 is 14.8 Å². The molecule has 27 heavy (non-hydrogen) atoms. The van der Waals surface area contributed by atoms with E-state index in [4.69, 9.17) is 5.26 Å². The Morgan fingerprint density at radius 1 is 1.19 bits per heavy atom. The molecule has 2 aromatic rings. The molecular formula is C21H19N3O3. The molecule has 2 aliphatic rings. The van der Waals surface area contributed by atoms with E-state index >= 15 is 0 Å².